The van der Waals surface area contributed by atoms with Gasteiger partial charge in [0.25, 0.3) is 0 Å². The fourth-order valence-corrected chi connectivity index (χ4v) is 1.95. The van der Waals surface area contributed by atoms with Crippen molar-refractivity contribution >= 4 is 5.84 Å². The molecule has 0 amide bonds. The molecule has 0 bridgehead atoms. The summed E-state index contributed by atoms with van der Waals surface area (Å²) in [5, 5.41) is 0. The first-order valence-corrected chi connectivity index (χ1v) is 4.52. The minimum Gasteiger partial charge on any atom is -0.384 e. The van der Waals surface area contributed by atoms with Crippen LogP contribution in [-0.2, 0) is 0 Å². The Kier molecular flexibility index (Phi) is 1.79. The molecule has 0 radical (unpaired) electrons. The van der Waals surface area contributed by atoms with E-state index in [0.717, 1.165) is 18.9 Å². The second-order valence-corrected chi connectivity index (χ2v) is 3.52. The van der Waals surface area contributed by atoms with E-state index >= 15 is 0 Å². The van der Waals surface area contributed by atoms with Gasteiger partial charge < -0.3 is 10.6 Å². The maximum absolute atomic E-state index is 5.82. The molecule has 2 aliphatic rings. The zero-order valence-corrected chi connectivity index (χ0v) is 7.51. The summed E-state index contributed by atoms with van der Waals surface area (Å²) >= 11 is 0. The maximum atomic E-state index is 5.82. The molecule has 0 fully saturated rings. The van der Waals surface area contributed by atoms with Crippen molar-refractivity contribution in [3.05, 3.63) is 11.3 Å². The van der Waals surface area contributed by atoms with Crippen LogP contribution in [0.4, 0.5) is 0 Å². The Bertz CT molecular complexity index is 252. The smallest absolute Gasteiger partial charge is 0.125 e. The molecule has 1 aliphatic carbocycles. The highest BCUT2D eigenvalue weighted by Gasteiger charge is 2.21. The van der Waals surface area contributed by atoms with Crippen molar-refractivity contribution < 1.29 is 0 Å². The van der Waals surface area contributed by atoms with Gasteiger partial charge in [0.2, 0.25) is 0 Å². The zero-order valence-electron chi connectivity index (χ0n) is 7.51. The van der Waals surface area contributed by atoms with Crippen LogP contribution in [0.25, 0.3) is 0 Å². The van der Waals surface area contributed by atoms with E-state index in [1.807, 2.05) is 0 Å². The predicted molar refractivity (Wildman–Crippen MR) is 49.7 cm³/mol. The summed E-state index contributed by atoms with van der Waals surface area (Å²) in [7, 11) is 2.09. The molecule has 0 saturated carbocycles. The lowest BCUT2D eigenvalue weighted by atomic mass is 9.94. The molecular weight excluding hydrogens is 150 g/mol. The lowest BCUT2D eigenvalue weighted by Gasteiger charge is -2.31. The molecule has 2 N–H and O–H groups in total. The van der Waals surface area contributed by atoms with Gasteiger partial charge in [0.1, 0.15) is 12.5 Å². The maximum Gasteiger partial charge on any atom is 0.125 e. The third kappa shape index (κ3) is 1.09. The molecule has 12 heavy (non-hydrogen) atoms. The van der Waals surface area contributed by atoms with E-state index in [0.29, 0.717) is 0 Å². The van der Waals surface area contributed by atoms with Gasteiger partial charge in [0, 0.05) is 18.3 Å². The van der Waals surface area contributed by atoms with E-state index in [1.165, 1.54) is 30.5 Å². The molecule has 1 heterocycles. The highest BCUT2D eigenvalue weighted by atomic mass is 15.2. The van der Waals surface area contributed by atoms with Gasteiger partial charge in [0.15, 0.2) is 0 Å². The first kappa shape index (κ1) is 7.65. The topological polar surface area (TPSA) is 41.6 Å². The van der Waals surface area contributed by atoms with Crippen LogP contribution in [0, 0.1) is 0 Å². The number of amidine groups is 1. The molecular formula is C9H15N3. The Morgan fingerprint density at radius 2 is 2.08 bits per heavy atom. The monoisotopic (exact) mass is 165 g/mol. The summed E-state index contributed by atoms with van der Waals surface area (Å²) < 4.78 is 0. The molecule has 0 aromatic heterocycles. The van der Waals surface area contributed by atoms with Crippen LogP contribution in [0.3, 0.4) is 0 Å². The average Bonchev–Trinajstić information content (AvgIpc) is 2.12. The SMILES string of the molecule is CN1CN=C(N)C2=C1CCCC2. The fraction of sp³-hybridized carbons (Fsp3) is 0.667. The second-order valence-electron chi connectivity index (χ2n) is 3.52. The lowest BCUT2D eigenvalue weighted by Crippen LogP contribution is -2.32. The highest BCUT2D eigenvalue weighted by molar-refractivity contribution is 5.98. The molecule has 0 unspecified atom stereocenters. The summed E-state index contributed by atoms with van der Waals surface area (Å²) in [6.07, 6.45) is 4.87. The minimum atomic E-state index is 0.741. The molecule has 3 heteroatoms. The van der Waals surface area contributed by atoms with Gasteiger partial charge in [-0.1, -0.05) is 0 Å². The number of nitrogens with zero attached hydrogens (tertiary/aromatic N) is 2. The average molecular weight is 165 g/mol. The van der Waals surface area contributed by atoms with Crippen molar-refractivity contribution in [2.45, 2.75) is 25.7 Å². The Balaban J connectivity index is 2.34. The van der Waals surface area contributed by atoms with Crippen LogP contribution in [-0.4, -0.2) is 24.5 Å². The van der Waals surface area contributed by atoms with E-state index in [4.69, 9.17) is 5.73 Å². The molecule has 3 nitrogen and oxygen atoms in total. The van der Waals surface area contributed by atoms with Crippen LogP contribution >= 0.6 is 0 Å². The van der Waals surface area contributed by atoms with Crippen LogP contribution in [0.5, 0.6) is 0 Å². The zero-order chi connectivity index (χ0) is 8.55. The summed E-state index contributed by atoms with van der Waals surface area (Å²) in [5.74, 6) is 0.780. The van der Waals surface area contributed by atoms with E-state index in [1.54, 1.807) is 0 Å². The standard InChI is InChI=1S/C9H15N3/c1-12-6-11-9(10)7-4-2-3-5-8(7)12/h2-6H2,1H3,(H2,10,11). The second kappa shape index (κ2) is 2.81. The molecule has 0 aromatic carbocycles. The van der Waals surface area contributed by atoms with E-state index in [2.05, 4.69) is 16.9 Å². The van der Waals surface area contributed by atoms with Gasteiger partial charge in [-0.05, 0) is 25.7 Å². The van der Waals surface area contributed by atoms with Crippen LogP contribution < -0.4 is 5.73 Å². The Morgan fingerprint density at radius 1 is 1.33 bits per heavy atom. The number of rotatable bonds is 0. The Labute approximate surface area is 73.0 Å². The van der Waals surface area contributed by atoms with E-state index in [-0.39, 0.29) is 0 Å². The van der Waals surface area contributed by atoms with Crippen molar-refractivity contribution in [1.82, 2.24) is 4.90 Å². The highest BCUT2D eigenvalue weighted by Crippen LogP contribution is 2.28. The number of nitrogens with two attached hydrogens (primary N) is 1. The lowest BCUT2D eigenvalue weighted by molar-refractivity contribution is 0.386. The van der Waals surface area contributed by atoms with E-state index in [9.17, 15) is 0 Å². The summed E-state index contributed by atoms with van der Waals surface area (Å²) in [5.41, 5.74) is 8.54. The van der Waals surface area contributed by atoms with Crippen LogP contribution in [0.15, 0.2) is 16.3 Å². The first-order chi connectivity index (χ1) is 5.79. The van der Waals surface area contributed by atoms with Crippen molar-refractivity contribution in [2.24, 2.45) is 10.7 Å². The third-order valence-electron chi connectivity index (χ3n) is 2.66. The Hall–Kier alpha value is -0.990. The van der Waals surface area contributed by atoms with Gasteiger partial charge in [0.05, 0.1) is 0 Å². The molecule has 0 aromatic rings. The first-order valence-electron chi connectivity index (χ1n) is 4.52. The predicted octanol–water partition coefficient (Wildman–Crippen LogP) is 1.07. The van der Waals surface area contributed by atoms with Gasteiger partial charge in [-0.3, -0.25) is 0 Å². The molecule has 0 atom stereocenters. The van der Waals surface area contributed by atoms with Crippen molar-refractivity contribution in [1.29, 1.82) is 0 Å². The molecule has 1 aliphatic heterocycles. The van der Waals surface area contributed by atoms with Crippen molar-refractivity contribution in [2.75, 3.05) is 13.7 Å². The molecule has 66 valence electrons. The number of hydrogen-bond acceptors (Lipinski definition) is 3. The third-order valence-corrected chi connectivity index (χ3v) is 2.66. The summed E-state index contributed by atoms with van der Waals surface area (Å²) in [4.78, 5) is 6.47. The van der Waals surface area contributed by atoms with Gasteiger partial charge in [-0.25, -0.2) is 4.99 Å². The van der Waals surface area contributed by atoms with Crippen molar-refractivity contribution in [3.63, 3.8) is 0 Å². The van der Waals surface area contributed by atoms with Crippen molar-refractivity contribution in [3.8, 4) is 0 Å². The molecule has 0 saturated heterocycles. The minimum absolute atomic E-state index is 0.741. The van der Waals surface area contributed by atoms with Gasteiger partial charge in [-0.2, -0.15) is 0 Å². The summed E-state index contributed by atoms with van der Waals surface area (Å²) in [6, 6.07) is 0. The summed E-state index contributed by atoms with van der Waals surface area (Å²) in [6.45, 7) is 0.741. The number of allylic oxidation sites excluding steroid dienone is 1. The quantitative estimate of drug-likeness (QED) is 0.583. The van der Waals surface area contributed by atoms with E-state index < -0.39 is 0 Å². The molecule has 0 spiro atoms. The van der Waals surface area contributed by atoms with Gasteiger partial charge >= 0.3 is 0 Å². The fourth-order valence-electron chi connectivity index (χ4n) is 1.95. The largest absolute Gasteiger partial charge is 0.384 e. The van der Waals surface area contributed by atoms with Crippen LogP contribution in [0.1, 0.15) is 25.7 Å². The van der Waals surface area contributed by atoms with Crippen LogP contribution in [0.2, 0.25) is 0 Å². The normalized spacial score (nSPS) is 23.8. The van der Waals surface area contributed by atoms with Gasteiger partial charge in [-0.15, -0.1) is 0 Å². The number of aliphatic imine (C=N–C) groups is 1. The molecule has 2 rings (SSSR count). The Morgan fingerprint density at radius 3 is 2.83 bits per heavy atom. The number of hydrogen-bond donors (Lipinski definition) is 1.